The second kappa shape index (κ2) is 11.8. The lowest BCUT2D eigenvalue weighted by Crippen LogP contribution is -2.25. The summed E-state index contributed by atoms with van der Waals surface area (Å²) in [6, 6.07) is 8.98. The van der Waals surface area contributed by atoms with E-state index >= 15 is 0 Å². The minimum atomic E-state index is -4.78. The fraction of sp³-hybridized carbons (Fsp3) is 0.192. The number of halogens is 8. The normalized spacial score (nSPS) is 18.7. The first-order valence-corrected chi connectivity index (χ1v) is 12.8. The van der Waals surface area contributed by atoms with Crippen LogP contribution < -0.4 is 10.6 Å². The first-order chi connectivity index (χ1) is 18.1. The summed E-state index contributed by atoms with van der Waals surface area (Å²) in [6.07, 6.45) is -2.19. The highest BCUT2D eigenvalue weighted by atomic mass is 35.5. The summed E-state index contributed by atoms with van der Waals surface area (Å²) in [5.74, 6) is -2.70. The molecule has 2 aromatic rings. The summed E-state index contributed by atoms with van der Waals surface area (Å²) < 4.78 is 38.1. The van der Waals surface area contributed by atoms with Crippen molar-refractivity contribution in [2.75, 3.05) is 5.32 Å². The number of nitriles is 1. The molecule has 2 amide bonds. The average molecular weight is 638 g/mol. The Bertz CT molecular complexity index is 1440. The molecular weight excluding hydrogens is 621 g/mol. The van der Waals surface area contributed by atoms with E-state index in [1.54, 1.807) is 12.1 Å². The average Bonchev–Trinajstić information content (AvgIpc) is 3.42. The van der Waals surface area contributed by atoms with Gasteiger partial charge in [-0.2, -0.15) is 18.4 Å². The zero-order valence-electron chi connectivity index (χ0n) is 19.8. The van der Waals surface area contributed by atoms with Gasteiger partial charge in [0.05, 0.1) is 23.1 Å². The van der Waals surface area contributed by atoms with Crippen molar-refractivity contribution in [1.29, 1.82) is 5.26 Å². The van der Waals surface area contributed by atoms with Crippen LogP contribution in [0.25, 0.3) is 0 Å². The van der Waals surface area contributed by atoms with Gasteiger partial charge >= 0.3 is 6.18 Å². The Kier molecular flexibility index (Phi) is 9.36. The molecular formula is C26H17Cl5F3N3O2. The van der Waals surface area contributed by atoms with E-state index in [9.17, 15) is 22.8 Å². The molecule has 5 nitrogen and oxygen atoms in total. The monoisotopic (exact) mass is 635 g/mol. The maximum atomic E-state index is 13.2. The highest BCUT2D eigenvalue weighted by molar-refractivity contribution is 6.53. The highest BCUT2D eigenvalue weighted by Gasteiger charge is 2.67. The lowest BCUT2D eigenvalue weighted by molar-refractivity contribution is -0.137. The molecule has 0 saturated heterocycles. The van der Waals surface area contributed by atoms with Crippen LogP contribution in [0.4, 0.5) is 18.9 Å². The first-order valence-electron chi connectivity index (χ1n) is 10.9. The van der Waals surface area contributed by atoms with Crippen molar-refractivity contribution in [3.05, 3.63) is 98.2 Å². The summed E-state index contributed by atoms with van der Waals surface area (Å²) in [4.78, 5) is 25.3. The Morgan fingerprint density at radius 1 is 1.10 bits per heavy atom. The Morgan fingerprint density at radius 3 is 2.28 bits per heavy atom. The minimum Gasteiger partial charge on any atom is -0.326 e. The summed E-state index contributed by atoms with van der Waals surface area (Å²) in [5.41, 5.74) is -1.28. The van der Waals surface area contributed by atoms with Crippen molar-refractivity contribution < 1.29 is 22.8 Å². The molecule has 1 fully saturated rings. The molecule has 0 bridgehead atoms. The third-order valence-corrected chi connectivity index (χ3v) is 7.48. The van der Waals surface area contributed by atoms with Gasteiger partial charge in [-0.1, -0.05) is 41.4 Å². The van der Waals surface area contributed by atoms with Gasteiger partial charge in [-0.25, -0.2) is 0 Å². The van der Waals surface area contributed by atoms with Gasteiger partial charge in [-0.05, 0) is 61.0 Å². The molecule has 2 N–H and O–H groups in total. The van der Waals surface area contributed by atoms with Crippen LogP contribution in [0.1, 0.15) is 29.5 Å². The molecule has 13 heteroatoms. The molecule has 1 saturated carbocycles. The van der Waals surface area contributed by atoms with Crippen molar-refractivity contribution in [3.63, 3.8) is 0 Å². The number of amides is 2. The van der Waals surface area contributed by atoms with Crippen LogP contribution in [0.5, 0.6) is 0 Å². The van der Waals surface area contributed by atoms with Gasteiger partial charge in [0.25, 0.3) is 5.91 Å². The van der Waals surface area contributed by atoms with Gasteiger partial charge in [0.2, 0.25) is 5.91 Å². The molecule has 39 heavy (non-hydrogen) atoms. The molecule has 0 aliphatic heterocycles. The Balaban J connectivity index is 1.66. The lowest BCUT2D eigenvalue weighted by atomic mass is 10.1. The molecule has 1 aliphatic rings. The molecule has 2 unspecified atom stereocenters. The quantitative estimate of drug-likeness (QED) is 0.183. The number of anilines is 1. The van der Waals surface area contributed by atoms with E-state index in [0.717, 1.165) is 12.1 Å². The molecule has 0 radical (unpaired) electrons. The van der Waals surface area contributed by atoms with Crippen LogP contribution in [0.3, 0.4) is 0 Å². The zero-order chi connectivity index (χ0) is 29.3. The van der Waals surface area contributed by atoms with Crippen LogP contribution in [-0.4, -0.2) is 16.1 Å². The fourth-order valence-electron chi connectivity index (χ4n) is 3.69. The van der Waals surface area contributed by atoms with Gasteiger partial charge in [0.1, 0.15) is 4.33 Å². The molecule has 2 aromatic carbocycles. The number of carbonyl (C=O) groups is 2. The number of benzene rings is 2. The third kappa shape index (κ3) is 7.30. The topological polar surface area (TPSA) is 82.0 Å². The largest absolute Gasteiger partial charge is 0.417 e. The van der Waals surface area contributed by atoms with E-state index in [1.807, 2.05) is 0 Å². The lowest BCUT2D eigenvalue weighted by Gasteiger charge is -2.12. The summed E-state index contributed by atoms with van der Waals surface area (Å²) in [7, 11) is 0. The van der Waals surface area contributed by atoms with E-state index in [1.165, 1.54) is 31.2 Å². The van der Waals surface area contributed by atoms with E-state index in [4.69, 9.17) is 63.3 Å². The molecule has 0 heterocycles. The smallest absolute Gasteiger partial charge is 0.326 e. The molecule has 2 atom stereocenters. The number of allylic oxidation sites excluding steroid dienone is 3. The number of nitrogens with one attached hydrogen (secondary N) is 2. The van der Waals surface area contributed by atoms with Crippen LogP contribution in [0.2, 0.25) is 10.0 Å². The summed E-state index contributed by atoms with van der Waals surface area (Å²) in [5, 5.41) is 14.4. The Morgan fingerprint density at radius 2 is 1.72 bits per heavy atom. The molecule has 1 aliphatic carbocycles. The van der Waals surface area contributed by atoms with Gasteiger partial charge in [-0.15, -0.1) is 23.2 Å². The van der Waals surface area contributed by atoms with Crippen molar-refractivity contribution >= 4 is 75.5 Å². The third-order valence-electron chi connectivity index (χ3n) is 5.70. The number of hydrogen-bond acceptors (Lipinski definition) is 3. The van der Waals surface area contributed by atoms with E-state index in [0.29, 0.717) is 21.7 Å². The number of carbonyl (C=O) groups excluding carboxylic acids is 2. The minimum absolute atomic E-state index is 0.0365. The van der Waals surface area contributed by atoms with Gasteiger partial charge in [0, 0.05) is 38.0 Å². The predicted molar refractivity (Wildman–Crippen MR) is 147 cm³/mol. The van der Waals surface area contributed by atoms with Gasteiger partial charge in [0.15, 0.2) is 0 Å². The Labute approximate surface area is 246 Å². The first kappa shape index (κ1) is 30.9. The molecule has 204 valence electrons. The van der Waals surface area contributed by atoms with Crippen molar-refractivity contribution in [2.45, 2.75) is 23.4 Å². The zero-order valence-corrected chi connectivity index (χ0v) is 23.5. The van der Waals surface area contributed by atoms with Gasteiger partial charge < -0.3 is 10.6 Å². The standard InChI is InChI=1S/C26H17Cl5F3N3O2/c1-12(36-24(39)22-21(25(22,30)31)15-7-16(27)9-17(28)8-15)3-6-20(29)13(2)23(38)37-18-5-4-14(11-35)19(10-18)26(32,33)34/h3-10,21-22H,1H2,2H3,(H,36,39)(H,37,38)/b6-3-,20-13-. The number of hydrogen-bond donors (Lipinski definition) is 2. The SMILES string of the molecule is C=C(/C=C\C(Cl)=C(/C)C(=O)Nc1ccc(C#N)c(C(F)(F)F)c1)NC(=O)C1C(c2cc(Cl)cc(Cl)c2)C1(Cl)Cl. The van der Waals surface area contributed by atoms with E-state index in [2.05, 4.69) is 17.2 Å². The Hall–Kier alpha value is -2.67. The molecule has 3 rings (SSSR count). The summed E-state index contributed by atoms with van der Waals surface area (Å²) in [6.45, 7) is 5.05. The second-order valence-corrected chi connectivity index (χ2v) is 11.2. The van der Waals surface area contributed by atoms with Crippen molar-refractivity contribution in [3.8, 4) is 6.07 Å². The van der Waals surface area contributed by atoms with Crippen LogP contribution >= 0.6 is 58.0 Å². The molecule has 0 spiro atoms. The maximum absolute atomic E-state index is 13.2. The number of rotatable bonds is 7. The number of alkyl halides is 5. The number of nitrogens with zero attached hydrogens (tertiary/aromatic N) is 1. The van der Waals surface area contributed by atoms with Crippen LogP contribution in [-0.2, 0) is 15.8 Å². The van der Waals surface area contributed by atoms with Crippen molar-refractivity contribution in [1.82, 2.24) is 5.32 Å². The predicted octanol–water partition coefficient (Wildman–Crippen LogP) is 8.11. The van der Waals surface area contributed by atoms with Crippen LogP contribution in [0.15, 0.2) is 71.4 Å². The van der Waals surface area contributed by atoms with E-state index in [-0.39, 0.29) is 22.0 Å². The maximum Gasteiger partial charge on any atom is 0.417 e. The highest BCUT2D eigenvalue weighted by Crippen LogP contribution is 2.65. The summed E-state index contributed by atoms with van der Waals surface area (Å²) >= 11 is 30.9. The fourth-order valence-corrected chi connectivity index (χ4v) is 5.21. The second-order valence-electron chi connectivity index (χ2n) is 8.48. The van der Waals surface area contributed by atoms with Crippen LogP contribution in [0, 0.1) is 17.2 Å². The van der Waals surface area contributed by atoms with Crippen molar-refractivity contribution in [2.24, 2.45) is 5.92 Å². The van der Waals surface area contributed by atoms with Gasteiger partial charge in [-0.3, -0.25) is 9.59 Å². The van der Waals surface area contributed by atoms with E-state index < -0.39 is 45.3 Å². The molecule has 0 aromatic heterocycles.